The van der Waals surface area contributed by atoms with E-state index in [0.717, 1.165) is 30.4 Å². The summed E-state index contributed by atoms with van der Waals surface area (Å²) in [5, 5.41) is 14.6. The average Bonchev–Trinajstić information content (AvgIpc) is 3.47. The number of para-hydroxylation sites is 2. The van der Waals surface area contributed by atoms with Crippen LogP contribution in [0.25, 0.3) is 0 Å². The van der Waals surface area contributed by atoms with E-state index < -0.39 is 0 Å². The fourth-order valence-electron chi connectivity index (χ4n) is 3.30. The van der Waals surface area contributed by atoms with Crippen molar-refractivity contribution in [2.75, 3.05) is 18.2 Å². The number of thiophene rings is 1. The molecule has 0 fully saturated rings. The highest BCUT2D eigenvalue weighted by Gasteiger charge is 2.16. The molecule has 8 heteroatoms. The summed E-state index contributed by atoms with van der Waals surface area (Å²) >= 11 is 3.11. The normalized spacial score (nSPS) is 10.8. The topological polar surface area (TPSA) is 69.0 Å². The summed E-state index contributed by atoms with van der Waals surface area (Å²) in [7, 11) is 1.59. The fraction of sp³-hybridized carbons (Fsp3) is 0.208. The Labute approximate surface area is 195 Å². The van der Waals surface area contributed by atoms with Gasteiger partial charge in [-0.25, -0.2) is 0 Å². The lowest BCUT2D eigenvalue weighted by atomic mass is 10.1. The lowest BCUT2D eigenvalue weighted by molar-refractivity contribution is -0.113. The molecule has 0 saturated carbocycles. The fourth-order valence-corrected chi connectivity index (χ4v) is 4.78. The van der Waals surface area contributed by atoms with Crippen LogP contribution in [0.4, 0.5) is 5.69 Å². The van der Waals surface area contributed by atoms with Crippen molar-refractivity contribution in [2.24, 2.45) is 0 Å². The third-order valence-electron chi connectivity index (χ3n) is 4.89. The Morgan fingerprint density at radius 2 is 1.88 bits per heavy atom. The zero-order valence-corrected chi connectivity index (χ0v) is 19.4. The highest BCUT2D eigenvalue weighted by atomic mass is 32.2. The number of rotatable bonds is 10. The molecule has 1 N–H and O–H groups in total. The first-order valence-electron chi connectivity index (χ1n) is 10.3. The van der Waals surface area contributed by atoms with Gasteiger partial charge in [-0.05, 0) is 35.6 Å². The molecule has 1 amide bonds. The molecule has 4 rings (SSSR count). The zero-order valence-electron chi connectivity index (χ0n) is 17.7. The molecule has 32 heavy (non-hydrogen) atoms. The lowest BCUT2D eigenvalue weighted by Gasteiger charge is -2.11. The standard InChI is InChI=1S/C24H24N4O2S2/c1-30-21-12-6-5-11-20(21)25-23(29)17-32-24-27-26-22(16-19-10-7-15-31-19)28(24)14-13-18-8-3-2-4-9-18/h2-12,15H,13-14,16-17H2,1H3,(H,25,29). The van der Waals surface area contributed by atoms with Crippen molar-refractivity contribution in [3.63, 3.8) is 0 Å². The number of hydrogen-bond donors (Lipinski definition) is 1. The molecule has 0 saturated heterocycles. The lowest BCUT2D eigenvalue weighted by Crippen LogP contribution is -2.15. The second-order valence-corrected chi connectivity index (χ2v) is 9.05. The quantitative estimate of drug-likeness (QED) is 0.338. The first-order chi connectivity index (χ1) is 15.7. The van der Waals surface area contributed by atoms with E-state index >= 15 is 0 Å². The van der Waals surface area contributed by atoms with Crippen LogP contribution in [-0.4, -0.2) is 33.5 Å². The van der Waals surface area contributed by atoms with Crippen LogP contribution >= 0.6 is 23.1 Å². The molecular weight excluding hydrogens is 440 g/mol. The van der Waals surface area contributed by atoms with Gasteiger partial charge in [0, 0.05) is 17.8 Å². The summed E-state index contributed by atoms with van der Waals surface area (Å²) in [6, 6.07) is 21.9. The number of carbonyl (C=O) groups excluding carboxylic acids is 1. The predicted octanol–water partition coefficient (Wildman–Crippen LogP) is 4.91. The minimum Gasteiger partial charge on any atom is -0.495 e. The van der Waals surface area contributed by atoms with Crippen LogP contribution in [0.2, 0.25) is 0 Å². The number of aromatic nitrogens is 3. The van der Waals surface area contributed by atoms with Gasteiger partial charge in [-0.1, -0.05) is 60.3 Å². The molecule has 0 aliphatic heterocycles. The van der Waals surface area contributed by atoms with Crippen LogP contribution in [0.1, 0.15) is 16.3 Å². The van der Waals surface area contributed by atoms with E-state index in [1.165, 1.54) is 22.2 Å². The Morgan fingerprint density at radius 3 is 2.66 bits per heavy atom. The minimum atomic E-state index is -0.114. The van der Waals surface area contributed by atoms with Gasteiger partial charge in [-0.3, -0.25) is 4.79 Å². The number of amides is 1. The number of nitrogens with zero attached hydrogens (tertiary/aromatic N) is 3. The first kappa shape index (κ1) is 22.1. The molecule has 2 aromatic heterocycles. The van der Waals surface area contributed by atoms with Crippen molar-refractivity contribution >= 4 is 34.7 Å². The Bertz CT molecular complexity index is 1140. The van der Waals surface area contributed by atoms with Crippen LogP contribution in [0.3, 0.4) is 0 Å². The Balaban J connectivity index is 1.45. The summed E-state index contributed by atoms with van der Waals surface area (Å²) in [5.74, 6) is 1.67. The van der Waals surface area contributed by atoms with Crippen LogP contribution in [0.5, 0.6) is 5.75 Å². The number of benzene rings is 2. The van der Waals surface area contributed by atoms with Gasteiger partial charge in [0.25, 0.3) is 0 Å². The molecule has 164 valence electrons. The summed E-state index contributed by atoms with van der Waals surface area (Å²) in [5.41, 5.74) is 1.91. The van der Waals surface area contributed by atoms with E-state index in [1.54, 1.807) is 18.4 Å². The molecular formula is C24H24N4O2S2. The number of thioether (sulfide) groups is 1. The molecule has 0 spiro atoms. The van der Waals surface area contributed by atoms with Crippen molar-refractivity contribution in [3.8, 4) is 5.75 Å². The number of aryl methyl sites for hydroxylation is 1. The van der Waals surface area contributed by atoms with Crippen molar-refractivity contribution < 1.29 is 9.53 Å². The molecule has 4 aromatic rings. The van der Waals surface area contributed by atoms with E-state index in [2.05, 4.69) is 43.7 Å². The SMILES string of the molecule is COc1ccccc1NC(=O)CSc1nnc(Cc2cccs2)n1CCc1ccccc1. The maximum Gasteiger partial charge on any atom is 0.234 e. The van der Waals surface area contributed by atoms with E-state index in [-0.39, 0.29) is 11.7 Å². The van der Waals surface area contributed by atoms with Crippen LogP contribution in [0.15, 0.2) is 77.3 Å². The molecule has 2 aromatic carbocycles. The molecule has 2 heterocycles. The Kier molecular flexibility index (Phi) is 7.58. The van der Waals surface area contributed by atoms with Gasteiger partial charge in [-0.15, -0.1) is 21.5 Å². The number of anilines is 1. The monoisotopic (exact) mass is 464 g/mol. The minimum absolute atomic E-state index is 0.114. The summed E-state index contributed by atoms with van der Waals surface area (Å²) in [6.45, 7) is 0.758. The van der Waals surface area contributed by atoms with E-state index in [4.69, 9.17) is 4.74 Å². The molecule has 0 radical (unpaired) electrons. The van der Waals surface area contributed by atoms with Gasteiger partial charge < -0.3 is 14.6 Å². The second-order valence-electron chi connectivity index (χ2n) is 7.08. The van der Waals surface area contributed by atoms with Gasteiger partial charge >= 0.3 is 0 Å². The third-order valence-corrected chi connectivity index (χ3v) is 6.73. The number of nitrogens with one attached hydrogen (secondary N) is 1. The van der Waals surface area contributed by atoms with Crippen LogP contribution in [-0.2, 0) is 24.2 Å². The summed E-state index contributed by atoms with van der Waals surface area (Å²) in [4.78, 5) is 13.8. The molecule has 0 atom stereocenters. The highest BCUT2D eigenvalue weighted by molar-refractivity contribution is 7.99. The van der Waals surface area contributed by atoms with E-state index in [1.807, 2.05) is 48.5 Å². The Morgan fingerprint density at radius 1 is 1.06 bits per heavy atom. The third kappa shape index (κ3) is 5.77. The maximum atomic E-state index is 12.6. The van der Waals surface area contributed by atoms with Crippen molar-refractivity contribution in [3.05, 3.63) is 88.4 Å². The Hall–Kier alpha value is -3.10. The molecule has 0 unspecified atom stereocenters. The first-order valence-corrected chi connectivity index (χ1v) is 12.1. The van der Waals surface area contributed by atoms with Crippen LogP contribution in [0, 0.1) is 0 Å². The molecule has 6 nitrogen and oxygen atoms in total. The van der Waals surface area contributed by atoms with Crippen molar-refractivity contribution in [1.82, 2.24) is 14.8 Å². The zero-order chi connectivity index (χ0) is 22.2. The predicted molar refractivity (Wildman–Crippen MR) is 130 cm³/mol. The van der Waals surface area contributed by atoms with E-state index in [0.29, 0.717) is 11.4 Å². The highest BCUT2D eigenvalue weighted by Crippen LogP contribution is 2.25. The average molecular weight is 465 g/mol. The largest absolute Gasteiger partial charge is 0.495 e. The van der Waals surface area contributed by atoms with Gasteiger partial charge in [0.15, 0.2) is 5.16 Å². The van der Waals surface area contributed by atoms with Gasteiger partial charge in [0.2, 0.25) is 5.91 Å². The molecule has 0 aliphatic rings. The summed E-state index contributed by atoms with van der Waals surface area (Å²) < 4.78 is 7.44. The molecule has 0 aliphatic carbocycles. The smallest absolute Gasteiger partial charge is 0.234 e. The number of ether oxygens (including phenoxy) is 1. The van der Waals surface area contributed by atoms with Gasteiger partial charge in [0.05, 0.1) is 18.6 Å². The van der Waals surface area contributed by atoms with E-state index in [9.17, 15) is 4.79 Å². The van der Waals surface area contributed by atoms with Crippen LogP contribution < -0.4 is 10.1 Å². The molecule has 0 bridgehead atoms. The number of carbonyl (C=O) groups is 1. The van der Waals surface area contributed by atoms with Crippen molar-refractivity contribution in [2.45, 2.75) is 24.5 Å². The maximum absolute atomic E-state index is 12.6. The number of hydrogen-bond acceptors (Lipinski definition) is 6. The van der Waals surface area contributed by atoms with Gasteiger partial charge in [-0.2, -0.15) is 0 Å². The van der Waals surface area contributed by atoms with Gasteiger partial charge in [0.1, 0.15) is 11.6 Å². The van der Waals surface area contributed by atoms with Crippen molar-refractivity contribution in [1.29, 1.82) is 0 Å². The second kappa shape index (κ2) is 11.0. The number of methoxy groups -OCH3 is 1. The summed E-state index contributed by atoms with van der Waals surface area (Å²) in [6.07, 6.45) is 1.60.